The molecule has 3 heterocycles. The number of halogens is 1. The van der Waals surface area contributed by atoms with Gasteiger partial charge in [-0.15, -0.1) is 15.3 Å². The van der Waals surface area contributed by atoms with Gasteiger partial charge in [0, 0.05) is 6.20 Å². The summed E-state index contributed by atoms with van der Waals surface area (Å²) in [6.07, 6.45) is 1.59. The Labute approximate surface area is 119 Å². The van der Waals surface area contributed by atoms with E-state index < -0.39 is 4.92 Å². The molecule has 0 bridgehead atoms. The Morgan fingerprint density at radius 1 is 1.30 bits per heavy atom. The molecule has 0 aliphatic carbocycles. The van der Waals surface area contributed by atoms with Crippen LogP contribution in [0.3, 0.4) is 0 Å². The molecule has 20 heavy (non-hydrogen) atoms. The lowest BCUT2D eigenvalue weighted by molar-refractivity contribution is -0.390. The number of aromatic nitrogens is 5. The van der Waals surface area contributed by atoms with Gasteiger partial charge in [0.25, 0.3) is 11.8 Å². The monoisotopic (exact) mass is 336 g/mol. The molecule has 0 saturated heterocycles. The number of H-pyrrole nitrogens is 1. The van der Waals surface area contributed by atoms with Crippen LogP contribution in [0.25, 0.3) is 23.2 Å². The Bertz CT molecular complexity index is 768. The van der Waals surface area contributed by atoms with Gasteiger partial charge >= 0.3 is 5.82 Å². The van der Waals surface area contributed by atoms with Crippen molar-refractivity contribution >= 4 is 21.7 Å². The zero-order valence-corrected chi connectivity index (χ0v) is 11.2. The van der Waals surface area contributed by atoms with Crippen molar-refractivity contribution in [1.82, 2.24) is 25.4 Å². The van der Waals surface area contributed by atoms with Gasteiger partial charge in [-0.25, -0.2) is 0 Å². The summed E-state index contributed by atoms with van der Waals surface area (Å²) in [4.78, 5) is 14.2. The summed E-state index contributed by atoms with van der Waals surface area (Å²) in [6, 6.07) is 5.25. The van der Waals surface area contributed by atoms with E-state index >= 15 is 0 Å². The molecule has 0 amide bonds. The zero-order chi connectivity index (χ0) is 14.1. The molecule has 0 aliphatic rings. The first-order chi connectivity index (χ1) is 9.66. The number of nitrogens with one attached hydrogen (secondary N) is 1. The normalized spacial score (nSPS) is 10.7. The SMILES string of the molecule is O=[N+]([O-])c1[nH]nc(-c2nnc(-c3ccccn3)o2)c1Br. The molecule has 100 valence electrons. The second kappa shape index (κ2) is 4.81. The molecule has 0 atom stereocenters. The van der Waals surface area contributed by atoms with E-state index in [0.29, 0.717) is 5.69 Å². The summed E-state index contributed by atoms with van der Waals surface area (Å²) in [5.74, 6) is -0.0161. The van der Waals surface area contributed by atoms with Gasteiger partial charge in [-0.3, -0.25) is 4.98 Å². The van der Waals surface area contributed by atoms with Crippen molar-refractivity contribution in [3.63, 3.8) is 0 Å². The molecule has 1 N–H and O–H groups in total. The van der Waals surface area contributed by atoms with Gasteiger partial charge in [0.2, 0.25) is 0 Å². The highest BCUT2D eigenvalue weighted by Crippen LogP contribution is 2.33. The highest BCUT2D eigenvalue weighted by Gasteiger charge is 2.25. The summed E-state index contributed by atoms with van der Waals surface area (Å²) in [6.45, 7) is 0. The molecule has 0 aliphatic heterocycles. The lowest BCUT2D eigenvalue weighted by Gasteiger charge is -1.91. The van der Waals surface area contributed by atoms with Crippen molar-refractivity contribution in [2.45, 2.75) is 0 Å². The van der Waals surface area contributed by atoms with Gasteiger partial charge in [0.15, 0.2) is 5.69 Å². The molecule has 9 nitrogen and oxygen atoms in total. The van der Waals surface area contributed by atoms with E-state index in [9.17, 15) is 10.1 Å². The fraction of sp³-hybridized carbons (Fsp3) is 0. The van der Waals surface area contributed by atoms with E-state index in [-0.39, 0.29) is 27.8 Å². The molecule has 0 unspecified atom stereocenters. The van der Waals surface area contributed by atoms with Gasteiger partial charge in [0.1, 0.15) is 10.2 Å². The average molecular weight is 337 g/mol. The van der Waals surface area contributed by atoms with Gasteiger partial charge in [-0.1, -0.05) is 11.2 Å². The largest absolute Gasteiger partial charge is 0.413 e. The van der Waals surface area contributed by atoms with E-state index in [1.165, 1.54) is 0 Å². The second-order valence-electron chi connectivity index (χ2n) is 3.62. The molecule has 0 radical (unpaired) electrons. The first kappa shape index (κ1) is 12.4. The first-order valence-corrected chi connectivity index (χ1v) is 6.09. The lowest BCUT2D eigenvalue weighted by Crippen LogP contribution is -1.87. The van der Waals surface area contributed by atoms with Crippen LogP contribution in [0.5, 0.6) is 0 Å². The molecule has 0 fully saturated rings. The van der Waals surface area contributed by atoms with Crippen LogP contribution in [0.1, 0.15) is 0 Å². The van der Waals surface area contributed by atoms with Crippen LogP contribution in [-0.2, 0) is 0 Å². The maximum Gasteiger partial charge on any atom is 0.357 e. The number of pyridine rings is 1. The summed E-state index contributed by atoms with van der Waals surface area (Å²) in [5.41, 5.74) is 0.679. The summed E-state index contributed by atoms with van der Waals surface area (Å²) in [7, 11) is 0. The predicted molar refractivity (Wildman–Crippen MR) is 69.5 cm³/mol. The smallest absolute Gasteiger partial charge is 0.357 e. The van der Waals surface area contributed by atoms with Crippen molar-refractivity contribution in [2.24, 2.45) is 0 Å². The molecular weight excluding hydrogens is 332 g/mol. The van der Waals surface area contributed by atoms with Crippen LogP contribution in [0.15, 0.2) is 33.3 Å². The quantitative estimate of drug-likeness (QED) is 0.574. The minimum atomic E-state index is -0.601. The molecule has 3 aromatic heterocycles. The van der Waals surface area contributed by atoms with Crippen LogP contribution < -0.4 is 0 Å². The van der Waals surface area contributed by atoms with Crippen molar-refractivity contribution in [3.05, 3.63) is 39.0 Å². The fourth-order valence-electron chi connectivity index (χ4n) is 1.49. The van der Waals surface area contributed by atoms with Gasteiger partial charge in [0.05, 0.1) is 0 Å². The van der Waals surface area contributed by atoms with E-state index in [2.05, 4.69) is 41.3 Å². The minimum absolute atomic E-state index is 0.0573. The first-order valence-electron chi connectivity index (χ1n) is 5.30. The van der Waals surface area contributed by atoms with Crippen molar-refractivity contribution in [1.29, 1.82) is 0 Å². The van der Waals surface area contributed by atoms with Crippen LogP contribution in [-0.4, -0.2) is 30.3 Å². The van der Waals surface area contributed by atoms with Gasteiger partial charge in [-0.05, 0) is 33.0 Å². The number of nitro groups is 1. The zero-order valence-electron chi connectivity index (χ0n) is 9.65. The van der Waals surface area contributed by atoms with E-state index in [4.69, 9.17) is 4.42 Å². The summed E-state index contributed by atoms with van der Waals surface area (Å²) in [5, 5.41) is 24.4. The lowest BCUT2D eigenvalue weighted by atomic mass is 10.3. The Kier molecular flexibility index (Phi) is 2.99. The number of hydrogen-bond donors (Lipinski definition) is 1. The van der Waals surface area contributed by atoms with Gasteiger partial charge < -0.3 is 14.5 Å². The van der Waals surface area contributed by atoms with Crippen LogP contribution in [0, 0.1) is 10.1 Å². The maximum absolute atomic E-state index is 10.7. The molecule has 0 spiro atoms. The topological polar surface area (TPSA) is 124 Å². The van der Waals surface area contributed by atoms with Crippen LogP contribution >= 0.6 is 15.9 Å². The summed E-state index contributed by atoms with van der Waals surface area (Å²) >= 11 is 3.08. The Balaban J connectivity index is 2.01. The Hall–Kier alpha value is -2.62. The van der Waals surface area contributed by atoms with Crippen LogP contribution in [0.4, 0.5) is 5.82 Å². The maximum atomic E-state index is 10.7. The van der Waals surface area contributed by atoms with E-state index in [1.54, 1.807) is 24.4 Å². The fourth-order valence-corrected chi connectivity index (χ4v) is 1.99. The Morgan fingerprint density at radius 3 is 2.75 bits per heavy atom. The number of nitrogens with zero attached hydrogens (tertiary/aromatic N) is 5. The third-order valence-corrected chi connectivity index (χ3v) is 3.13. The molecule has 0 saturated carbocycles. The number of rotatable bonds is 3. The summed E-state index contributed by atoms with van der Waals surface area (Å²) < 4.78 is 5.56. The molecule has 10 heteroatoms. The number of hydrogen-bond acceptors (Lipinski definition) is 7. The Morgan fingerprint density at radius 2 is 2.10 bits per heavy atom. The molecular formula is C10H5BrN6O3. The van der Waals surface area contributed by atoms with Crippen molar-refractivity contribution in [3.8, 4) is 23.2 Å². The van der Waals surface area contributed by atoms with Crippen LogP contribution in [0.2, 0.25) is 0 Å². The number of aromatic amines is 1. The average Bonchev–Trinajstić information content (AvgIpc) is 3.06. The predicted octanol–water partition coefficient (Wildman–Crippen LogP) is 2.19. The highest BCUT2D eigenvalue weighted by molar-refractivity contribution is 9.10. The standard InChI is InChI=1S/C10H5BrN6O3/c11-6-7(13-14-8(6)17(18)19)10-16-15-9(20-10)5-3-1-2-4-12-5/h1-4H,(H,13,14). The van der Waals surface area contributed by atoms with Gasteiger partial charge in [-0.2, -0.15) is 0 Å². The van der Waals surface area contributed by atoms with E-state index in [0.717, 1.165) is 0 Å². The molecule has 3 aromatic rings. The molecule has 3 rings (SSSR count). The third-order valence-electron chi connectivity index (χ3n) is 2.38. The van der Waals surface area contributed by atoms with E-state index in [1.807, 2.05) is 0 Å². The molecule has 0 aromatic carbocycles. The second-order valence-corrected chi connectivity index (χ2v) is 4.41. The van der Waals surface area contributed by atoms with Crippen molar-refractivity contribution < 1.29 is 9.34 Å². The van der Waals surface area contributed by atoms with Crippen molar-refractivity contribution in [2.75, 3.05) is 0 Å². The highest BCUT2D eigenvalue weighted by atomic mass is 79.9. The minimum Gasteiger partial charge on any atom is -0.413 e. The third kappa shape index (κ3) is 2.05.